The van der Waals surface area contributed by atoms with Gasteiger partial charge in [0.15, 0.2) is 0 Å². The average Bonchev–Trinajstić information content (AvgIpc) is 3.03. The van der Waals surface area contributed by atoms with Crippen LogP contribution in [0.15, 0.2) is 11.6 Å². The standard InChI is InChI=1S/C28H46O/c1-18(2)19(3)7-8-20(4)24-11-12-25-23-10-9-21-17-22(29)13-15-27(21,5)26(23)14-16-28(24,25)6/h9,18-20,23-26H,7-8,10-17H2,1-6H3/t19-,20+,23-,24+,25-,26-,27-,28+/m0/s1. The van der Waals surface area contributed by atoms with E-state index < -0.39 is 0 Å². The Labute approximate surface area is 180 Å². The van der Waals surface area contributed by atoms with E-state index in [0.29, 0.717) is 16.6 Å². The van der Waals surface area contributed by atoms with Gasteiger partial charge in [0.1, 0.15) is 5.78 Å². The molecule has 0 bridgehead atoms. The van der Waals surface area contributed by atoms with E-state index in [9.17, 15) is 4.79 Å². The van der Waals surface area contributed by atoms with Crippen LogP contribution < -0.4 is 0 Å². The van der Waals surface area contributed by atoms with E-state index >= 15 is 0 Å². The summed E-state index contributed by atoms with van der Waals surface area (Å²) in [6, 6.07) is 0. The Morgan fingerprint density at radius 3 is 2.48 bits per heavy atom. The Morgan fingerprint density at radius 2 is 1.76 bits per heavy atom. The van der Waals surface area contributed by atoms with Crippen LogP contribution in [-0.4, -0.2) is 5.78 Å². The number of hydrogen-bond donors (Lipinski definition) is 0. The lowest BCUT2D eigenvalue weighted by molar-refractivity contribution is -0.122. The first-order valence-corrected chi connectivity index (χ1v) is 12.9. The number of allylic oxidation sites excluding steroid dienone is 2. The van der Waals surface area contributed by atoms with Gasteiger partial charge in [-0.25, -0.2) is 0 Å². The molecule has 3 saturated carbocycles. The number of ketones is 1. The van der Waals surface area contributed by atoms with Gasteiger partial charge in [-0.1, -0.05) is 66.0 Å². The lowest BCUT2D eigenvalue weighted by Gasteiger charge is -2.58. The highest BCUT2D eigenvalue weighted by Crippen LogP contribution is 2.67. The second kappa shape index (κ2) is 7.83. The highest BCUT2D eigenvalue weighted by atomic mass is 16.1. The van der Waals surface area contributed by atoms with Gasteiger partial charge in [0.2, 0.25) is 0 Å². The summed E-state index contributed by atoms with van der Waals surface area (Å²) in [5.74, 6) is 6.59. The molecule has 0 heterocycles. The zero-order chi connectivity index (χ0) is 21.0. The summed E-state index contributed by atoms with van der Waals surface area (Å²) in [6.45, 7) is 15.0. The predicted octanol–water partition coefficient (Wildman–Crippen LogP) is 7.84. The van der Waals surface area contributed by atoms with E-state index in [0.717, 1.165) is 60.7 Å². The molecule has 0 amide bonds. The number of Topliss-reactive ketones (excluding diaryl/α,β-unsaturated/α-hetero) is 1. The quantitative estimate of drug-likeness (QED) is 0.431. The first-order chi connectivity index (χ1) is 13.7. The fraction of sp³-hybridized carbons (Fsp3) is 0.893. The minimum Gasteiger partial charge on any atom is -0.299 e. The maximum atomic E-state index is 12.1. The normalized spacial score (nSPS) is 44.0. The van der Waals surface area contributed by atoms with Gasteiger partial charge < -0.3 is 0 Å². The molecular formula is C28H46O. The number of hydrogen-bond acceptors (Lipinski definition) is 1. The third-order valence-electron chi connectivity index (χ3n) is 10.9. The molecule has 8 atom stereocenters. The Bertz CT molecular complexity index is 659. The molecule has 0 saturated heterocycles. The van der Waals surface area contributed by atoms with Gasteiger partial charge in [-0.15, -0.1) is 0 Å². The molecule has 164 valence electrons. The minimum absolute atomic E-state index is 0.328. The summed E-state index contributed by atoms with van der Waals surface area (Å²) in [5, 5.41) is 0. The predicted molar refractivity (Wildman–Crippen MR) is 123 cm³/mol. The first-order valence-electron chi connectivity index (χ1n) is 12.9. The molecule has 0 aliphatic heterocycles. The maximum Gasteiger partial charge on any atom is 0.136 e. The molecule has 4 rings (SSSR count). The second-order valence-electron chi connectivity index (χ2n) is 12.5. The number of fused-ring (bicyclic) bond motifs is 5. The summed E-state index contributed by atoms with van der Waals surface area (Å²) in [7, 11) is 0. The minimum atomic E-state index is 0.328. The van der Waals surface area contributed by atoms with Crippen LogP contribution in [0.25, 0.3) is 0 Å². The molecule has 1 nitrogen and oxygen atoms in total. The summed E-state index contributed by atoms with van der Waals surface area (Å²) >= 11 is 0. The summed E-state index contributed by atoms with van der Waals surface area (Å²) < 4.78 is 0. The van der Waals surface area contributed by atoms with Crippen LogP contribution in [0.1, 0.15) is 106 Å². The molecule has 0 unspecified atom stereocenters. The molecular weight excluding hydrogens is 352 g/mol. The van der Waals surface area contributed by atoms with Crippen LogP contribution in [0.5, 0.6) is 0 Å². The van der Waals surface area contributed by atoms with Gasteiger partial charge in [0.25, 0.3) is 0 Å². The van der Waals surface area contributed by atoms with E-state index in [4.69, 9.17) is 0 Å². The van der Waals surface area contributed by atoms with Crippen molar-refractivity contribution in [1.82, 2.24) is 0 Å². The largest absolute Gasteiger partial charge is 0.299 e. The zero-order valence-corrected chi connectivity index (χ0v) is 20.1. The van der Waals surface area contributed by atoms with Crippen molar-refractivity contribution >= 4 is 5.78 Å². The van der Waals surface area contributed by atoms with Gasteiger partial charge >= 0.3 is 0 Å². The molecule has 3 fully saturated rings. The molecule has 29 heavy (non-hydrogen) atoms. The Morgan fingerprint density at radius 1 is 1.00 bits per heavy atom. The first kappa shape index (κ1) is 21.6. The van der Waals surface area contributed by atoms with E-state index in [1.165, 1.54) is 50.5 Å². The SMILES string of the molecule is CC(C)[C@@H](C)CC[C@@H](C)[C@H]1CC[C@H]2[C@@H]3CC=C4CC(=O)CC[C@]4(C)[C@H]3CC[C@]12C. The lowest BCUT2D eigenvalue weighted by Crippen LogP contribution is -2.50. The molecule has 0 aromatic rings. The number of carbonyl (C=O) groups excluding carboxylic acids is 1. The highest BCUT2D eigenvalue weighted by Gasteiger charge is 2.59. The summed E-state index contributed by atoms with van der Waals surface area (Å²) in [6.07, 6.45) is 15.1. The lowest BCUT2D eigenvalue weighted by atomic mass is 9.47. The molecule has 4 aliphatic rings. The van der Waals surface area contributed by atoms with Crippen molar-refractivity contribution < 1.29 is 4.79 Å². The topological polar surface area (TPSA) is 17.1 Å². The number of carbonyl (C=O) groups is 1. The summed E-state index contributed by atoms with van der Waals surface area (Å²) in [5.41, 5.74) is 2.41. The van der Waals surface area contributed by atoms with Crippen LogP contribution >= 0.6 is 0 Å². The molecule has 0 radical (unpaired) electrons. The van der Waals surface area contributed by atoms with Crippen LogP contribution in [0.4, 0.5) is 0 Å². The Hall–Kier alpha value is -0.590. The molecule has 0 aromatic carbocycles. The molecule has 0 aromatic heterocycles. The molecule has 0 spiro atoms. The van der Waals surface area contributed by atoms with Crippen molar-refractivity contribution in [1.29, 1.82) is 0 Å². The van der Waals surface area contributed by atoms with Crippen LogP contribution in [-0.2, 0) is 4.79 Å². The Balaban J connectivity index is 1.49. The van der Waals surface area contributed by atoms with Crippen molar-refractivity contribution in [3.8, 4) is 0 Å². The fourth-order valence-electron chi connectivity index (χ4n) is 8.51. The van der Waals surface area contributed by atoms with Crippen molar-refractivity contribution in [3.05, 3.63) is 11.6 Å². The van der Waals surface area contributed by atoms with Crippen LogP contribution in [0.2, 0.25) is 0 Å². The zero-order valence-electron chi connectivity index (χ0n) is 20.1. The molecule has 1 heteroatoms. The third kappa shape index (κ3) is 3.57. The highest BCUT2D eigenvalue weighted by molar-refractivity contribution is 5.82. The van der Waals surface area contributed by atoms with Crippen LogP contribution in [0, 0.1) is 52.3 Å². The molecule has 4 aliphatic carbocycles. The average molecular weight is 399 g/mol. The van der Waals surface area contributed by atoms with Gasteiger partial charge in [0.05, 0.1) is 0 Å². The van der Waals surface area contributed by atoms with Crippen molar-refractivity contribution in [3.63, 3.8) is 0 Å². The smallest absolute Gasteiger partial charge is 0.136 e. The third-order valence-corrected chi connectivity index (χ3v) is 10.9. The second-order valence-corrected chi connectivity index (χ2v) is 12.5. The van der Waals surface area contributed by atoms with Crippen molar-refractivity contribution in [2.24, 2.45) is 52.3 Å². The Kier molecular flexibility index (Phi) is 5.84. The van der Waals surface area contributed by atoms with Crippen molar-refractivity contribution in [2.45, 2.75) is 106 Å². The van der Waals surface area contributed by atoms with Crippen molar-refractivity contribution in [2.75, 3.05) is 0 Å². The maximum absolute atomic E-state index is 12.1. The van der Waals surface area contributed by atoms with Gasteiger partial charge in [0, 0.05) is 12.8 Å². The van der Waals surface area contributed by atoms with Gasteiger partial charge in [-0.2, -0.15) is 0 Å². The van der Waals surface area contributed by atoms with E-state index in [-0.39, 0.29) is 0 Å². The van der Waals surface area contributed by atoms with E-state index in [2.05, 4.69) is 47.6 Å². The van der Waals surface area contributed by atoms with Gasteiger partial charge in [-0.3, -0.25) is 4.79 Å². The number of rotatable bonds is 5. The molecule has 0 N–H and O–H groups in total. The fourth-order valence-corrected chi connectivity index (χ4v) is 8.51. The summed E-state index contributed by atoms with van der Waals surface area (Å²) in [4.78, 5) is 12.1. The van der Waals surface area contributed by atoms with E-state index in [1.807, 2.05) is 0 Å². The monoisotopic (exact) mass is 398 g/mol. The van der Waals surface area contributed by atoms with Crippen LogP contribution in [0.3, 0.4) is 0 Å². The van der Waals surface area contributed by atoms with E-state index in [1.54, 1.807) is 0 Å². The van der Waals surface area contributed by atoms with Gasteiger partial charge in [-0.05, 0) is 90.8 Å².